The molecule has 2 aliphatic rings. The molecule has 0 aliphatic carbocycles. The monoisotopic (exact) mass is 350 g/mol. The van der Waals surface area contributed by atoms with E-state index in [-0.39, 0.29) is 5.91 Å². The molecule has 0 N–H and O–H groups in total. The van der Waals surface area contributed by atoms with E-state index >= 15 is 0 Å². The fraction of sp³-hybridized carbons (Fsp3) is 0.409. The molecule has 0 bridgehead atoms. The average molecular weight is 350 g/mol. The Morgan fingerprint density at radius 1 is 0.923 bits per heavy atom. The maximum absolute atomic E-state index is 12.6. The van der Waals surface area contributed by atoms with E-state index in [1.54, 1.807) is 0 Å². The summed E-state index contributed by atoms with van der Waals surface area (Å²) in [5.74, 6) is 0.147. The van der Waals surface area contributed by atoms with E-state index in [0.717, 1.165) is 51.3 Å². The van der Waals surface area contributed by atoms with Gasteiger partial charge < -0.3 is 9.64 Å². The summed E-state index contributed by atoms with van der Waals surface area (Å²) < 4.78 is 5.56. The van der Waals surface area contributed by atoms with Crippen molar-refractivity contribution < 1.29 is 9.53 Å². The number of hydrogen-bond acceptors (Lipinski definition) is 3. The minimum absolute atomic E-state index is 0.147. The average Bonchev–Trinajstić information content (AvgIpc) is 2.68. The molecule has 0 saturated carbocycles. The van der Waals surface area contributed by atoms with Gasteiger partial charge in [0.05, 0.1) is 0 Å². The Morgan fingerprint density at radius 2 is 1.54 bits per heavy atom. The van der Waals surface area contributed by atoms with Gasteiger partial charge in [-0.3, -0.25) is 9.69 Å². The number of amides is 1. The molecule has 2 heterocycles. The molecule has 0 atom stereocenters. The topological polar surface area (TPSA) is 32.8 Å². The van der Waals surface area contributed by atoms with Gasteiger partial charge in [0, 0.05) is 50.5 Å². The summed E-state index contributed by atoms with van der Waals surface area (Å²) in [4.78, 5) is 17.2. The summed E-state index contributed by atoms with van der Waals surface area (Å²) in [5, 5.41) is 0. The third-order valence-corrected chi connectivity index (χ3v) is 5.51. The van der Waals surface area contributed by atoms with Crippen LogP contribution in [0.2, 0.25) is 0 Å². The minimum Gasteiger partial charge on any atom is -0.381 e. The second-order valence-electron chi connectivity index (χ2n) is 7.23. The van der Waals surface area contributed by atoms with E-state index < -0.39 is 0 Å². The van der Waals surface area contributed by atoms with Gasteiger partial charge in [-0.1, -0.05) is 48.5 Å². The van der Waals surface area contributed by atoms with E-state index in [4.69, 9.17) is 4.74 Å². The minimum atomic E-state index is 0.147. The van der Waals surface area contributed by atoms with E-state index in [0.29, 0.717) is 12.1 Å². The van der Waals surface area contributed by atoms with Crippen molar-refractivity contribution in [2.75, 3.05) is 26.3 Å². The summed E-state index contributed by atoms with van der Waals surface area (Å²) in [6.07, 6.45) is 2.16. The van der Waals surface area contributed by atoms with Crippen LogP contribution in [0, 0.1) is 0 Å². The Bertz CT molecular complexity index is 707. The van der Waals surface area contributed by atoms with Gasteiger partial charge >= 0.3 is 0 Å². The molecule has 2 aromatic rings. The van der Waals surface area contributed by atoms with Crippen LogP contribution in [0.15, 0.2) is 60.7 Å². The number of carbonyl (C=O) groups excluding carboxylic acids is 1. The molecule has 4 heteroatoms. The first-order valence-electron chi connectivity index (χ1n) is 9.53. The number of benzene rings is 2. The lowest BCUT2D eigenvalue weighted by atomic mass is 9.98. The van der Waals surface area contributed by atoms with E-state index in [2.05, 4.69) is 35.2 Å². The Balaban J connectivity index is 1.43. The van der Waals surface area contributed by atoms with Crippen molar-refractivity contribution in [1.29, 1.82) is 0 Å². The molecule has 2 aromatic carbocycles. The number of carbonyl (C=O) groups is 1. The van der Waals surface area contributed by atoms with Gasteiger partial charge in [-0.25, -0.2) is 0 Å². The van der Waals surface area contributed by atoms with Crippen molar-refractivity contribution in [3.8, 4) is 0 Å². The molecule has 0 aromatic heterocycles. The molecule has 2 saturated heterocycles. The second kappa shape index (κ2) is 8.02. The van der Waals surface area contributed by atoms with Crippen molar-refractivity contribution in [1.82, 2.24) is 9.80 Å². The number of ether oxygens (including phenoxy) is 1. The first-order chi connectivity index (χ1) is 12.8. The summed E-state index contributed by atoms with van der Waals surface area (Å²) in [7, 11) is 0. The lowest BCUT2D eigenvalue weighted by Crippen LogP contribution is -2.63. The maximum Gasteiger partial charge on any atom is 0.253 e. The van der Waals surface area contributed by atoms with Crippen molar-refractivity contribution in [2.24, 2.45) is 0 Å². The fourth-order valence-corrected chi connectivity index (χ4v) is 3.96. The van der Waals surface area contributed by atoms with Crippen LogP contribution in [-0.2, 0) is 11.3 Å². The zero-order valence-electron chi connectivity index (χ0n) is 15.1. The first-order valence-corrected chi connectivity index (χ1v) is 9.53. The zero-order chi connectivity index (χ0) is 17.8. The number of hydrogen-bond donors (Lipinski definition) is 0. The van der Waals surface area contributed by atoms with Crippen LogP contribution in [0.3, 0.4) is 0 Å². The molecule has 0 unspecified atom stereocenters. The van der Waals surface area contributed by atoms with Crippen molar-refractivity contribution in [3.05, 3.63) is 71.8 Å². The van der Waals surface area contributed by atoms with Crippen LogP contribution >= 0.6 is 0 Å². The summed E-state index contributed by atoms with van der Waals surface area (Å²) in [6.45, 7) is 4.27. The van der Waals surface area contributed by atoms with Gasteiger partial charge in [0.15, 0.2) is 0 Å². The number of likely N-dealkylation sites (tertiary alicyclic amines) is 1. The molecule has 26 heavy (non-hydrogen) atoms. The Labute approximate surface area is 155 Å². The lowest BCUT2D eigenvalue weighted by molar-refractivity contribution is -0.0289. The lowest BCUT2D eigenvalue weighted by Gasteiger charge is -2.49. The van der Waals surface area contributed by atoms with E-state index in [1.807, 2.05) is 35.2 Å². The van der Waals surface area contributed by atoms with Gasteiger partial charge in [-0.2, -0.15) is 0 Å². The number of rotatable bonds is 5. The predicted molar refractivity (Wildman–Crippen MR) is 102 cm³/mol. The van der Waals surface area contributed by atoms with Crippen molar-refractivity contribution >= 4 is 5.91 Å². The van der Waals surface area contributed by atoms with Crippen LogP contribution in [0.25, 0.3) is 0 Å². The molecule has 4 nitrogen and oxygen atoms in total. The molecule has 1 amide bonds. The molecule has 2 fully saturated rings. The number of nitrogens with zero attached hydrogens (tertiary/aromatic N) is 2. The largest absolute Gasteiger partial charge is 0.381 e. The normalized spacial score (nSPS) is 18.7. The van der Waals surface area contributed by atoms with Crippen LogP contribution < -0.4 is 0 Å². The smallest absolute Gasteiger partial charge is 0.253 e. The van der Waals surface area contributed by atoms with E-state index in [9.17, 15) is 4.79 Å². The first kappa shape index (κ1) is 17.3. The summed E-state index contributed by atoms with van der Waals surface area (Å²) in [6, 6.07) is 21.2. The van der Waals surface area contributed by atoms with Gasteiger partial charge in [0.1, 0.15) is 0 Å². The van der Waals surface area contributed by atoms with Gasteiger partial charge in [0.2, 0.25) is 0 Å². The molecule has 4 rings (SSSR count). The predicted octanol–water partition coefficient (Wildman–Crippen LogP) is 3.19. The van der Waals surface area contributed by atoms with Gasteiger partial charge in [-0.05, 0) is 30.5 Å². The van der Waals surface area contributed by atoms with Crippen LogP contribution in [-0.4, -0.2) is 54.1 Å². The highest BCUT2D eigenvalue weighted by molar-refractivity contribution is 5.94. The Morgan fingerprint density at radius 3 is 2.19 bits per heavy atom. The highest BCUT2D eigenvalue weighted by atomic mass is 16.5. The molecule has 2 aliphatic heterocycles. The third kappa shape index (κ3) is 3.81. The van der Waals surface area contributed by atoms with Crippen LogP contribution in [0.1, 0.15) is 28.8 Å². The van der Waals surface area contributed by atoms with Crippen LogP contribution in [0.4, 0.5) is 0 Å². The van der Waals surface area contributed by atoms with Crippen molar-refractivity contribution in [2.45, 2.75) is 31.5 Å². The van der Waals surface area contributed by atoms with Gasteiger partial charge in [-0.15, -0.1) is 0 Å². The van der Waals surface area contributed by atoms with Crippen LogP contribution in [0.5, 0.6) is 0 Å². The summed E-state index contributed by atoms with van der Waals surface area (Å²) in [5.41, 5.74) is 2.12. The molecular weight excluding hydrogens is 324 g/mol. The maximum atomic E-state index is 12.6. The van der Waals surface area contributed by atoms with Crippen molar-refractivity contribution in [3.63, 3.8) is 0 Å². The molecule has 0 spiro atoms. The standard InChI is InChI=1S/C22H26N2O2/c25-22(19-9-5-2-6-10-19)23-16-21(17-23)24(20-11-13-26-14-12-20)15-18-7-3-1-4-8-18/h1-10,20-21H,11-17H2. The molecular formula is C22H26N2O2. The zero-order valence-corrected chi connectivity index (χ0v) is 15.1. The SMILES string of the molecule is O=C(c1ccccc1)N1CC(N(Cc2ccccc2)C2CCOCC2)C1. The highest BCUT2D eigenvalue weighted by Crippen LogP contribution is 2.26. The molecule has 136 valence electrons. The quantitative estimate of drug-likeness (QED) is 0.830. The third-order valence-electron chi connectivity index (χ3n) is 5.51. The van der Waals surface area contributed by atoms with Gasteiger partial charge in [0.25, 0.3) is 5.91 Å². The fourth-order valence-electron chi connectivity index (χ4n) is 3.96. The summed E-state index contributed by atoms with van der Waals surface area (Å²) >= 11 is 0. The Hall–Kier alpha value is -2.17. The second-order valence-corrected chi connectivity index (χ2v) is 7.23. The Kier molecular flexibility index (Phi) is 5.32. The van der Waals surface area contributed by atoms with E-state index in [1.165, 1.54) is 5.56 Å². The highest BCUT2D eigenvalue weighted by Gasteiger charge is 2.38. The molecule has 0 radical (unpaired) electrons.